The molecule has 0 bridgehead atoms. The van der Waals surface area contributed by atoms with Crippen molar-refractivity contribution in [1.29, 1.82) is 0 Å². The first-order valence-corrected chi connectivity index (χ1v) is 12.7. The minimum absolute atomic E-state index is 0.419. The van der Waals surface area contributed by atoms with Gasteiger partial charge in [0.25, 0.3) is 0 Å². The van der Waals surface area contributed by atoms with E-state index < -0.39 is 0 Å². The lowest BCUT2D eigenvalue weighted by Crippen LogP contribution is -2.42. The molecule has 4 heteroatoms. The van der Waals surface area contributed by atoms with Gasteiger partial charge in [0, 0.05) is 27.8 Å². The van der Waals surface area contributed by atoms with Crippen molar-refractivity contribution in [2.24, 2.45) is 9.98 Å². The predicted octanol–water partition coefficient (Wildman–Crippen LogP) is 7.67. The zero-order chi connectivity index (χ0) is 21.5. The molecule has 4 aliphatic rings. The molecule has 2 aromatic carbocycles. The maximum absolute atomic E-state index is 6.27. The lowest BCUT2D eigenvalue weighted by Gasteiger charge is -2.34. The van der Waals surface area contributed by atoms with Crippen molar-refractivity contribution < 1.29 is 0 Å². The molecule has 164 valence electrons. The Kier molecular flexibility index (Phi) is 5.38. The van der Waals surface area contributed by atoms with Crippen LogP contribution in [-0.4, -0.2) is 28.7 Å². The van der Waals surface area contributed by atoms with Crippen molar-refractivity contribution in [3.63, 3.8) is 0 Å². The number of benzene rings is 2. The minimum Gasteiger partial charge on any atom is -0.307 e. The van der Waals surface area contributed by atoms with Crippen molar-refractivity contribution in [3.8, 4) is 0 Å². The highest BCUT2D eigenvalue weighted by atomic mass is 35.5. The maximum atomic E-state index is 6.27. The molecule has 0 saturated heterocycles. The number of aliphatic imine (C=N–C) groups is 2. The number of hydrogen-bond acceptors (Lipinski definition) is 2. The van der Waals surface area contributed by atoms with Gasteiger partial charge in [-0.1, -0.05) is 80.5 Å². The first-order chi connectivity index (χ1) is 15.8. The SMILES string of the molecule is Clc1ccc(C2=C3C(=Nc4ccccc43)N(C3CCCCC3)C2=NC2CCCCC2)cc1. The topological polar surface area (TPSA) is 28.0 Å². The molecule has 2 saturated carbocycles. The largest absolute Gasteiger partial charge is 0.307 e. The molecule has 0 spiro atoms. The summed E-state index contributed by atoms with van der Waals surface area (Å²) in [6.45, 7) is 0. The second-order valence-electron chi connectivity index (χ2n) is 9.62. The normalized spacial score (nSPS) is 23.0. The zero-order valence-corrected chi connectivity index (χ0v) is 19.3. The number of para-hydroxylation sites is 1. The Hall–Kier alpha value is -2.39. The maximum Gasteiger partial charge on any atom is 0.143 e. The third-order valence-electron chi connectivity index (χ3n) is 7.51. The number of fused-ring (bicyclic) bond motifs is 3. The Labute approximate surface area is 195 Å². The lowest BCUT2D eigenvalue weighted by molar-refractivity contribution is 0.323. The van der Waals surface area contributed by atoms with Gasteiger partial charge in [-0.25, -0.2) is 4.99 Å². The Morgan fingerprint density at radius 3 is 2.22 bits per heavy atom. The molecule has 32 heavy (non-hydrogen) atoms. The highest BCUT2D eigenvalue weighted by Crippen LogP contribution is 2.47. The molecule has 0 amide bonds. The van der Waals surface area contributed by atoms with Gasteiger partial charge in [0.05, 0.1) is 11.7 Å². The van der Waals surface area contributed by atoms with Gasteiger partial charge in [-0.15, -0.1) is 0 Å². The van der Waals surface area contributed by atoms with Crippen LogP contribution in [0.1, 0.15) is 75.3 Å². The van der Waals surface area contributed by atoms with Crippen LogP contribution in [-0.2, 0) is 0 Å². The van der Waals surface area contributed by atoms with E-state index in [1.807, 2.05) is 12.1 Å². The predicted molar refractivity (Wildman–Crippen MR) is 135 cm³/mol. The molecule has 6 rings (SSSR count). The fourth-order valence-electron chi connectivity index (χ4n) is 5.91. The second kappa shape index (κ2) is 8.51. The monoisotopic (exact) mass is 443 g/mol. The summed E-state index contributed by atoms with van der Waals surface area (Å²) in [6, 6.07) is 17.8. The highest BCUT2D eigenvalue weighted by molar-refractivity contribution is 6.53. The molecule has 3 nitrogen and oxygen atoms in total. The molecule has 2 aromatic rings. The molecule has 0 N–H and O–H groups in total. The van der Waals surface area contributed by atoms with E-state index in [9.17, 15) is 0 Å². The number of hydrogen-bond donors (Lipinski definition) is 0. The zero-order valence-electron chi connectivity index (χ0n) is 18.6. The van der Waals surface area contributed by atoms with Crippen LogP contribution in [0.2, 0.25) is 5.02 Å². The highest BCUT2D eigenvalue weighted by Gasteiger charge is 2.43. The van der Waals surface area contributed by atoms with E-state index >= 15 is 0 Å². The van der Waals surface area contributed by atoms with Crippen LogP contribution >= 0.6 is 11.6 Å². The van der Waals surface area contributed by atoms with Gasteiger partial charge in [-0.05, 0) is 49.4 Å². The summed E-state index contributed by atoms with van der Waals surface area (Å²) in [5.41, 5.74) is 6.04. The van der Waals surface area contributed by atoms with Crippen molar-refractivity contribution in [2.75, 3.05) is 0 Å². The number of rotatable bonds is 3. The minimum atomic E-state index is 0.419. The van der Waals surface area contributed by atoms with Crippen molar-refractivity contribution in [1.82, 2.24) is 4.90 Å². The summed E-state index contributed by atoms with van der Waals surface area (Å²) in [6.07, 6.45) is 12.7. The van der Waals surface area contributed by atoms with Crippen LogP contribution in [0.4, 0.5) is 5.69 Å². The van der Waals surface area contributed by atoms with Gasteiger partial charge in [0.15, 0.2) is 0 Å². The fraction of sp³-hybridized carbons (Fsp3) is 0.429. The second-order valence-corrected chi connectivity index (χ2v) is 10.1. The first-order valence-electron chi connectivity index (χ1n) is 12.4. The molecule has 2 fully saturated rings. The Morgan fingerprint density at radius 1 is 0.781 bits per heavy atom. The smallest absolute Gasteiger partial charge is 0.143 e. The first kappa shape index (κ1) is 20.2. The summed E-state index contributed by atoms with van der Waals surface area (Å²) < 4.78 is 0. The van der Waals surface area contributed by atoms with Crippen molar-refractivity contribution in [3.05, 3.63) is 64.7 Å². The molecule has 2 heterocycles. The lowest BCUT2D eigenvalue weighted by atomic mass is 9.93. The molecular weight excluding hydrogens is 414 g/mol. The van der Waals surface area contributed by atoms with Crippen molar-refractivity contribution >= 4 is 40.1 Å². The fourth-order valence-corrected chi connectivity index (χ4v) is 6.04. The average Bonchev–Trinajstić information content (AvgIpc) is 3.35. The van der Waals surface area contributed by atoms with Crippen LogP contribution in [0.5, 0.6) is 0 Å². The Bertz CT molecular complexity index is 1100. The molecule has 0 atom stereocenters. The molecule has 2 aliphatic carbocycles. The van der Waals surface area contributed by atoms with Gasteiger partial charge in [0.2, 0.25) is 0 Å². The summed E-state index contributed by atoms with van der Waals surface area (Å²) >= 11 is 6.27. The van der Waals surface area contributed by atoms with Gasteiger partial charge in [-0.3, -0.25) is 4.99 Å². The Morgan fingerprint density at radius 2 is 1.47 bits per heavy atom. The Balaban J connectivity index is 1.55. The van der Waals surface area contributed by atoms with Crippen molar-refractivity contribution in [2.45, 2.75) is 76.3 Å². The van der Waals surface area contributed by atoms with Crippen LogP contribution in [0, 0.1) is 0 Å². The van der Waals surface area contributed by atoms with Gasteiger partial charge in [-0.2, -0.15) is 0 Å². The molecular formula is C28H30ClN3. The van der Waals surface area contributed by atoms with E-state index in [1.165, 1.54) is 86.5 Å². The quantitative estimate of drug-likeness (QED) is 0.478. The standard InChI is InChI=1S/C28H30ClN3/c29-20-17-15-19(16-18-20)25-26-23-13-7-8-14-24(23)31-28(26)32(22-11-5-2-6-12-22)27(25)30-21-9-3-1-4-10-21/h7-8,13-18,21-22H,1-6,9-12H2. The number of nitrogens with zero attached hydrogens (tertiary/aromatic N) is 3. The summed E-state index contributed by atoms with van der Waals surface area (Å²) in [7, 11) is 0. The molecule has 0 radical (unpaired) electrons. The van der Waals surface area contributed by atoms with E-state index in [4.69, 9.17) is 21.6 Å². The van der Waals surface area contributed by atoms with E-state index in [0.717, 1.165) is 22.4 Å². The third kappa shape index (κ3) is 3.51. The van der Waals surface area contributed by atoms with E-state index in [1.54, 1.807) is 0 Å². The van der Waals surface area contributed by atoms with Gasteiger partial charge >= 0.3 is 0 Å². The summed E-state index contributed by atoms with van der Waals surface area (Å²) in [5.74, 6) is 2.28. The van der Waals surface area contributed by atoms with E-state index in [2.05, 4.69) is 41.3 Å². The van der Waals surface area contributed by atoms with E-state index in [0.29, 0.717) is 12.1 Å². The van der Waals surface area contributed by atoms with Crippen LogP contribution in [0.25, 0.3) is 11.1 Å². The third-order valence-corrected chi connectivity index (χ3v) is 7.76. The average molecular weight is 444 g/mol. The summed E-state index contributed by atoms with van der Waals surface area (Å²) in [5, 5.41) is 0.771. The van der Waals surface area contributed by atoms with Crippen LogP contribution < -0.4 is 0 Å². The molecule has 0 unspecified atom stereocenters. The van der Waals surface area contributed by atoms with Crippen LogP contribution in [0.3, 0.4) is 0 Å². The number of halogens is 1. The molecule has 2 aliphatic heterocycles. The summed E-state index contributed by atoms with van der Waals surface area (Å²) in [4.78, 5) is 13.2. The number of amidine groups is 2. The van der Waals surface area contributed by atoms with Gasteiger partial charge < -0.3 is 4.90 Å². The van der Waals surface area contributed by atoms with E-state index in [-0.39, 0.29) is 0 Å². The molecule has 0 aromatic heterocycles. The van der Waals surface area contributed by atoms with Crippen LogP contribution in [0.15, 0.2) is 58.5 Å². The van der Waals surface area contributed by atoms with Gasteiger partial charge in [0.1, 0.15) is 11.7 Å².